The van der Waals surface area contributed by atoms with Gasteiger partial charge in [0.1, 0.15) is 17.1 Å². The number of morpholine rings is 1. The molecular weight excluding hydrogens is 506 g/mol. The summed E-state index contributed by atoms with van der Waals surface area (Å²) in [6.45, 7) is 6.70. The minimum atomic E-state index is -0.328. The first-order chi connectivity index (χ1) is 18.9. The van der Waals surface area contributed by atoms with E-state index in [4.69, 9.17) is 15.7 Å². The van der Waals surface area contributed by atoms with Crippen molar-refractivity contribution in [2.75, 3.05) is 75.4 Å². The fourth-order valence-electron chi connectivity index (χ4n) is 5.06. The molecule has 0 unspecified atom stereocenters. The van der Waals surface area contributed by atoms with Crippen LogP contribution in [0.15, 0.2) is 53.9 Å². The molecular formula is C26H34N7O6+. The van der Waals surface area contributed by atoms with Gasteiger partial charge in [-0.25, -0.2) is 11.1 Å². The van der Waals surface area contributed by atoms with Crippen molar-refractivity contribution >= 4 is 28.6 Å². The van der Waals surface area contributed by atoms with Crippen molar-refractivity contribution in [3.05, 3.63) is 75.1 Å². The molecule has 2 fully saturated rings. The summed E-state index contributed by atoms with van der Waals surface area (Å²) in [6.07, 6.45) is 0. The predicted octanol–water partition coefficient (Wildman–Crippen LogP) is 0.0100. The van der Waals surface area contributed by atoms with Gasteiger partial charge in [0, 0.05) is 75.2 Å². The third-order valence-electron chi connectivity index (χ3n) is 7.13. The summed E-state index contributed by atoms with van der Waals surface area (Å²) in [6, 6.07) is 12.0. The molecule has 1 aliphatic carbocycles. The third-order valence-corrected chi connectivity index (χ3v) is 7.13. The molecule has 39 heavy (non-hydrogen) atoms. The van der Waals surface area contributed by atoms with E-state index >= 15 is 0 Å². The topological polar surface area (TPSA) is 182 Å². The minimum Gasteiger partial charge on any atom is -0.394 e. The lowest BCUT2D eigenvalue weighted by Gasteiger charge is -2.37. The normalized spacial score (nSPS) is 17.9. The lowest BCUT2D eigenvalue weighted by atomic mass is 9.90. The maximum atomic E-state index is 12.8. The van der Waals surface area contributed by atoms with Gasteiger partial charge >= 0.3 is 0 Å². The van der Waals surface area contributed by atoms with Crippen LogP contribution >= 0.6 is 0 Å². The molecule has 2 aliphatic heterocycles. The van der Waals surface area contributed by atoms with Gasteiger partial charge in [-0.2, -0.15) is 0 Å². The summed E-state index contributed by atoms with van der Waals surface area (Å²) in [7, 11) is 0. The summed E-state index contributed by atoms with van der Waals surface area (Å²) in [5.74, 6) is 1.66. The molecule has 2 aromatic rings. The van der Waals surface area contributed by atoms with E-state index in [0.717, 1.165) is 31.9 Å². The molecule has 5 rings (SSSR count). The molecule has 0 amide bonds. The highest BCUT2D eigenvalue weighted by Gasteiger charge is 2.30. The zero-order valence-corrected chi connectivity index (χ0v) is 21.7. The molecule has 2 aromatic carbocycles. The molecule has 208 valence electrons. The Bertz CT molecular complexity index is 1250. The first-order valence-electron chi connectivity index (χ1n) is 12.8. The zero-order valence-electron chi connectivity index (χ0n) is 21.7. The number of nitrogens with zero attached hydrogens (tertiary/aromatic N) is 4. The number of nitro groups is 1. The maximum Gasteiger partial charge on any atom is 0.292 e. The Kier molecular flexibility index (Phi) is 9.09. The van der Waals surface area contributed by atoms with Crippen LogP contribution in [0.2, 0.25) is 0 Å². The fraction of sp³-hybridized carbons (Fsp3) is 0.385. The highest BCUT2D eigenvalue weighted by molar-refractivity contribution is 6.26. The number of quaternary nitrogens is 1. The average molecular weight is 541 g/mol. The number of nitrogens with two attached hydrogens (primary N) is 1. The molecule has 13 heteroatoms. The second-order valence-electron chi connectivity index (χ2n) is 9.28. The second kappa shape index (κ2) is 12.7. The molecule has 7 N–H and O–H groups in total. The van der Waals surface area contributed by atoms with Crippen molar-refractivity contribution in [1.29, 1.82) is 0 Å². The monoisotopic (exact) mass is 540 g/mol. The summed E-state index contributed by atoms with van der Waals surface area (Å²) >= 11 is 0. The summed E-state index contributed by atoms with van der Waals surface area (Å²) < 4.78 is 5.41. The standard InChI is InChI=1S/C26H30N6O5.H4NO/c27-23-24(26(34)20-4-2-1-3-19(20)25(23)33)28-7-8-29-9-11-30(12-10-29)18-5-6-21(32(35)36)22(17-18)31-13-15-37-16-14-31;1-2/h1-6,17,28H,7-16,27H2;2H,1H3/q;+1. The van der Waals surface area contributed by atoms with E-state index in [0.29, 0.717) is 56.2 Å². The maximum absolute atomic E-state index is 12.8. The van der Waals surface area contributed by atoms with Crippen molar-refractivity contribution in [3.63, 3.8) is 0 Å². The number of fused-ring (bicyclic) bond motifs is 1. The number of allylic oxidation sites excluding steroid dienone is 2. The van der Waals surface area contributed by atoms with E-state index in [9.17, 15) is 19.7 Å². The zero-order chi connectivity index (χ0) is 27.9. The molecule has 0 atom stereocenters. The van der Waals surface area contributed by atoms with Crippen LogP contribution in [0.4, 0.5) is 17.1 Å². The van der Waals surface area contributed by atoms with Crippen molar-refractivity contribution in [3.8, 4) is 0 Å². The van der Waals surface area contributed by atoms with Gasteiger partial charge in [0.25, 0.3) is 5.69 Å². The molecule has 0 saturated carbocycles. The number of ketones is 2. The molecule has 13 nitrogen and oxygen atoms in total. The Hall–Kier alpha value is -4.04. The number of hydrogen-bond acceptors (Lipinski definition) is 11. The van der Waals surface area contributed by atoms with E-state index in [2.05, 4.69) is 21.0 Å². The first kappa shape index (κ1) is 28.0. The summed E-state index contributed by atoms with van der Waals surface area (Å²) in [5.41, 5.74) is 8.56. The number of carbonyl (C=O) groups is 2. The van der Waals surface area contributed by atoms with Crippen molar-refractivity contribution in [2.24, 2.45) is 5.73 Å². The Morgan fingerprint density at radius 1 is 0.949 bits per heavy atom. The number of Topliss-reactive ketones (excluding diaryl/α,β-unsaturated/α-hetero) is 2. The summed E-state index contributed by atoms with van der Waals surface area (Å²) in [5, 5.41) is 21.4. The van der Waals surface area contributed by atoms with E-state index in [1.54, 1.807) is 30.3 Å². The number of anilines is 2. The number of benzene rings is 2. The molecule has 0 aromatic heterocycles. The van der Waals surface area contributed by atoms with Gasteiger partial charge in [0.15, 0.2) is 0 Å². The van der Waals surface area contributed by atoms with E-state index < -0.39 is 0 Å². The van der Waals surface area contributed by atoms with Crippen LogP contribution in [0.3, 0.4) is 0 Å². The lowest BCUT2D eigenvalue weighted by molar-refractivity contribution is -0.670. The first-order valence-corrected chi connectivity index (χ1v) is 12.8. The lowest BCUT2D eigenvalue weighted by Crippen LogP contribution is -2.48. The average Bonchev–Trinajstić information content (AvgIpc) is 2.99. The quantitative estimate of drug-likeness (QED) is 0.274. The van der Waals surface area contributed by atoms with Gasteiger partial charge in [-0.1, -0.05) is 24.3 Å². The number of piperazine rings is 1. The highest BCUT2D eigenvalue weighted by Crippen LogP contribution is 2.33. The van der Waals surface area contributed by atoms with E-state index in [1.807, 2.05) is 17.0 Å². The molecule has 3 aliphatic rings. The molecule has 0 bridgehead atoms. The smallest absolute Gasteiger partial charge is 0.292 e. The number of hydrogen-bond donors (Lipinski definition) is 4. The third kappa shape index (κ3) is 6.01. The van der Waals surface area contributed by atoms with E-state index in [1.165, 1.54) is 0 Å². The van der Waals surface area contributed by atoms with Gasteiger partial charge < -0.3 is 25.6 Å². The Labute approximate surface area is 225 Å². The van der Waals surface area contributed by atoms with Crippen LogP contribution in [0.5, 0.6) is 0 Å². The van der Waals surface area contributed by atoms with Gasteiger partial charge in [-0.05, 0) is 12.1 Å². The second-order valence-corrected chi connectivity index (χ2v) is 9.28. The molecule has 0 radical (unpaired) electrons. The van der Waals surface area contributed by atoms with Crippen LogP contribution in [0.25, 0.3) is 0 Å². The Morgan fingerprint density at radius 3 is 2.23 bits per heavy atom. The molecule has 2 saturated heterocycles. The fourth-order valence-corrected chi connectivity index (χ4v) is 5.06. The number of nitrogens with one attached hydrogen (secondary N) is 1. The van der Waals surface area contributed by atoms with E-state index in [-0.39, 0.29) is 33.6 Å². The van der Waals surface area contributed by atoms with Gasteiger partial charge in [-0.15, -0.1) is 0 Å². The van der Waals surface area contributed by atoms with Crippen molar-refractivity contribution in [1.82, 2.24) is 10.2 Å². The summed E-state index contributed by atoms with van der Waals surface area (Å²) in [4.78, 5) is 43.2. The number of nitro benzene ring substituents is 1. The SMILES string of the molecule is NC1=C(NCCN2CCN(c3ccc([N+](=O)[O-])c(N4CCOCC4)c3)CC2)C(=O)c2ccccc2C1=O.[NH3+]O. The number of carbonyl (C=O) groups excluding carboxylic acids is 2. The molecule has 0 spiro atoms. The van der Waals surface area contributed by atoms with Gasteiger partial charge in [-0.3, -0.25) is 24.6 Å². The van der Waals surface area contributed by atoms with Crippen LogP contribution in [0.1, 0.15) is 20.7 Å². The molecule has 2 heterocycles. The van der Waals surface area contributed by atoms with Crippen LogP contribution in [0, 0.1) is 10.1 Å². The minimum absolute atomic E-state index is 0.0391. The van der Waals surface area contributed by atoms with Crippen LogP contribution in [-0.4, -0.2) is 92.2 Å². The predicted molar refractivity (Wildman–Crippen MR) is 144 cm³/mol. The van der Waals surface area contributed by atoms with Crippen LogP contribution in [-0.2, 0) is 4.74 Å². The highest BCUT2D eigenvalue weighted by atomic mass is 16.6. The van der Waals surface area contributed by atoms with Crippen molar-refractivity contribution < 1.29 is 30.4 Å². The number of rotatable bonds is 7. The Morgan fingerprint density at radius 2 is 1.59 bits per heavy atom. The van der Waals surface area contributed by atoms with Crippen LogP contribution < -0.4 is 26.7 Å². The van der Waals surface area contributed by atoms with Crippen molar-refractivity contribution in [2.45, 2.75) is 0 Å². The largest absolute Gasteiger partial charge is 0.394 e. The van der Waals surface area contributed by atoms with Gasteiger partial charge in [0.2, 0.25) is 11.6 Å². The Balaban J connectivity index is 0.00000172. The van der Waals surface area contributed by atoms with Gasteiger partial charge in [0.05, 0.1) is 18.1 Å². The number of ether oxygens (including phenoxy) is 1.